The standard InChI is InChI=1S/C13H8F2N2O3/c14-9-6-7(4-5-8(9)13(19)20)16-12(18)10-2-1-3-11(15)17-10/h1-6H,(H,16,18)(H,19,20). The molecule has 0 radical (unpaired) electrons. The second kappa shape index (κ2) is 5.43. The Hall–Kier alpha value is -2.83. The molecule has 102 valence electrons. The molecule has 0 saturated heterocycles. The van der Waals surface area contributed by atoms with E-state index in [4.69, 9.17) is 5.11 Å². The molecule has 0 aliphatic carbocycles. The number of carboxylic acids is 1. The van der Waals surface area contributed by atoms with E-state index in [1.165, 1.54) is 18.2 Å². The first-order valence-electron chi connectivity index (χ1n) is 5.44. The first-order valence-corrected chi connectivity index (χ1v) is 5.44. The van der Waals surface area contributed by atoms with Gasteiger partial charge in [-0.2, -0.15) is 4.39 Å². The lowest BCUT2D eigenvalue weighted by molar-refractivity contribution is 0.0692. The molecule has 0 fully saturated rings. The summed E-state index contributed by atoms with van der Waals surface area (Å²) < 4.78 is 26.3. The van der Waals surface area contributed by atoms with Crippen molar-refractivity contribution in [3.8, 4) is 0 Å². The first-order chi connectivity index (χ1) is 9.47. The summed E-state index contributed by atoms with van der Waals surface area (Å²) in [5, 5.41) is 11.0. The number of hydrogen-bond acceptors (Lipinski definition) is 3. The van der Waals surface area contributed by atoms with Crippen molar-refractivity contribution in [2.45, 2.75) is 0 Å². The number of halogens is 2. The first kappa shape index (κ1) is 13.6. The third-order valence-corrected chi connectivity index (χ3v) is 2.41. The highest BCUT2D eigenvalue weighted by atomic mass is 19.1. The number of carboxylic acid groups (broad SMARTS) is 1. The van der Waals surface area contributed by atoms with Gasteiger partial charge in [0.25, 0.3) is 5.91 Å². The summed E-state index contributed by atoms with van der Waals surface area (Å²) in [5.41, 5.74) is -0.636. The molecule has 20 heavy (non-hydrogen) atoms. The fraction of sp³-hybridized carbons (Fsp3) is 0. The van der Waals surface area contributed by atoms with Crippen molar-refractivity contribution < 1.29 is 23.5 Å². The fourth-order valence-electron chi connectivity index (χ4n) is 1.50. The summed E-state index contributed by atoms with van der Waals surface area (Å²) >= 11 is 0. The molecule has 2 rings (SSSR count). The molecule has 2 aromatic rings. The maximum absolute atomic E-state index is 13.4. The Bertz CT molecular complexity index is 689. The zero-order chi connectivity index (χ0) is 14.7. The molecule has 1 amide bonds. The van der Waals surface area contributed by atoms with E-state index in [-0.39, 0.29) is 11.4 Å². The van der Waals surface area contributed by atoms with Crippen LogP contribution in [0.1, 0.15) is 20.8 Å². The lowest BCUT2D eigenvalue weighted by Gasteiger charge is -2.06. The third kappa shape index (κ3) is 2.94. The van der Waals surface area contributed by atoms with Crippen LogP contribution in [0.5, 0.6) is 0 Å². The minimum Gasteiger partial charge on any atom is -0.478 e. The Morgan fingerprint density at radius 3 is 2.50 bits per heavy atom. The number of nitrogens with zero attached hydrogens (tertiary/aromatic N) is 1. The summed E-state index contributed by atoms with van der Waals surface area (Å²) in [6, 6.07) is 6.79. The van der Waals surface area contributed by atoms with Crippen molar-refractivity contribution in [3.63, 3.8) is 0 Å². The number of nitrogens with one attached hydrogen (secondary N) is 1. The van der Waals surface area contributed by atoms with Gasteiger partial charge in [-0.05, 0) is 30.3 Å². The second-order valence-electron chi connectivity index (χ2n) is 3.80. The van der Waals surface area contributed by atoms with Crippen molar-refractivity contribution >= 4 is 17.6 Å². The van der Waals surface area contributed by atoms with Crippen molar-refractivity contribution in [1.82, 2.24) is 4.98 Å². The van der Waals surface area contributed by atoms with E-state index in [2.05, 4.69) is 10.3 Å². The number of aromatic carboxylic acids is 1. The van der Waals surface area contributed by atoms with E-state index in [1.54, 1.807) is 0 Å². The Balaban J connectivity index is 2.20. The number of hydrogen-bond donors (Lipinski definition) is 2. The van der Waals surface area contributed by atoms with Crippen LogP contribution in [0.3, 0.4) is 0 Å². The summed E-state index contributed by atoms with van der Waals surface area (Å²) in [7, 11) is 0. The van der Waals surface area contributed by atoms with Gasteiger partial charge in [-0.3, -0.25) is 4.79 Å². The maximum Gasteiger partial charge on any atom is 0.338 e. The van der Waals surface area contributed by atoms with Gasteiger partial charge >= 0.3 is 5.97 Å². The smallest absolute Gasteiger partial charge is 0.338 e. The van der Waals surface area contributed by atoms with Crippen LogP contribution in [0.25, 0.3) is 0 Å². The van der Waals surface area contributed by atoms with Gasteiger partial charge in [0.2, 0.25) is 5.95 Å². The molecule has 5 nitrogen and oxygen atoms in total. The van der Waals surface area contributed by atoms with Crippen LogP contribution in [0.15, 0.2) is 36.4 Å². The van der Waals surface area contributed by atoms with Crippen molar-refractivity contribution in [3.05, 3.63) is 59.4 Å². The monoisotopic (exact) mass is 278 g/mol. The second-order valence-corrected chi connectivity index (χ2v) is 3.80. The Labute approximate surface area is 111 Å². The molecule has 0 aliphatic rings. The van der Waals surface area contributed by atoms with Crippen LogP contribution in [0.2, 0.25) is 0 Å². The highest BCUT2D eigenvalue weighted by Gasteiger charge is 2.13. The summed E-state index contributed by atoms with van der Waals surface area (Å²) in [6.07, 6.45) is 0. The van der Waals surface area contributed by atoms with Crippen LogP contribution < -0.4 is 5.32 Å². The van der Waals surface area contributed by atoms with Crippen molar-refractivity contribution in [2.24, 2.45) is 0 Å². The van der Waals surface area contributed by atoms with Crippen LogP contribution in [0, 0.1) is 11.8 Å². The van der Waals surface area contributed by atoms with Crippen molar-refractivity contribution in [1.29, 1.82) is 0 Å². The largest absolute Gasteiger partial charge is 0.478 e. The summed E-state index contributed by atoms with van der Waals surface area (Å²) in [6.45, 7) is 0. The highest BCUT2D eigenvalue weighted by Crippen LogP contribution is 2.15. The van der Waals surface area contributed by atoms with E-state index < -0.39 is 29.2 Å². The van der Waals surface area contributed by atoms with Crippen LogP contribution >= 0.6 is 0 Å². The molecular formula is C13H8F2N2O3. The Kier molecular flexibility index (Phi) is 3.69. The number of amides is 1. The van der Waals surface area contributed by atoms with Gasteiger partial charge in [0.15, 0.2) is 0 Å². The van der Waals surface area contributed by atoms with Gasteiger partial charge in [-0.1, -0.05) is 6.07 Å². The van der Waals surface area contributed by atoms with E-state index in [9.17, 15) is 18.4 Å². The van der Waals surface area contributed by atoms with E-state index in [0.717, 1.165) is 18.2 Å². The SMILES string of the molecule is O=C(Nc1ccc(C(=O)O)c(F)c1)c1cccc(F)n1. The summed E-state index contributed by atoms with van der Waals surface area (Å²) in [5.74, 6) is -3.94. The fourth-order valence-corrected chi connectivity index (χ4v) is 1.50. The van der Waals surface area contributed by atoms with E-state index in [0.29, 0.717) is 0 Å². The number of anilines is 1. The van der Waals surface area contributed by atoms with Gasteiger partial charge in [-0.25, -0.2) is 14.2 Å². The van der Waals surface area contributed by atoms with Gasteiger partial charge in [0.05, 0.1) is 5.56 Å². The molecule has 0 spiro atoms. The van der Waals surface area contributed by atoms with E-state index >= 15 is 0 Å². The molecule has 0 atom stereocenters. The van der Waals surface area contributed by atoms with Crippen molar-refractivity contribution in [2.75, 3.05) is 5.32 Å². The van der Waals surface area contributed by atoms with Gasteiger partial charge < -0.3 is 10.4 Å². The number of carbonyl (C=O) groups excluding carboxylic acids is 1. The maximum atomic E-state index is 13.4. The predicted octanol–water partition coefficient (Wildman–Crippen LogP) is 2.31. The highest BCUT2D eigenvalue weighted by molar-refractivity contribution is 6.03. The molecule has 1 aromatic heterocycles. The number of carbonyl (C=O) groups is 2. The number of aromatic nitrogens is 1. The predicted molar refractivity (Wildman–Crippen MR) is 65.5 cm³/mol. The molecule has 0 unspecified atom stereocenters. The van der Waals surface area contributed by atoms with Gasteiger partial charge in [0.1, 0.15) is 11.5 Å². The molecule has 7 heteroatoms. The molecule has 1 heterocycles. The minimum atomic E-state index is -1.41. The Morgan fingerprint density at radius 2 is 1.90 bits per heavy atom. The molecule has 0 bridgehead atoms. The molecule has 2 N–H and O–H groups in total. The van der Waals surface area contributed by atoms with Crippen LogP contribution in [-0.4, -0.2) is 22.0 Å². The Morgan fingerprint density at radius 1 is 1.15 bits per heavy atom. The number of pyridine rings is 1. The normalized spacial score (nSPS) is 10.1. The summed E-state index contributed by atoms with van der Waals surface area (Å²) in [4.78, 5) is 25.7. The average molecular weight is 278 g/mol. The molecule has 0 saturated carbocycles. The lowest BCUT2D eigenvalue weighted by atomic mass is 10.2. The quantitative estimate of drug-likeness (QED) is 0.844. The third-order valence-electron chi connectivity index (χ3n) is 2.41. The zero-order valence-corrected chi connectivity index (χ0v) is 9.93. The van der Waals surface area contributed by atoms with Crippen LogP contribution in [0.4, 0.5) is 14.5 Å². The topological polar surface area (TPSA) is 79.3 Å². The lowest BCUT2D eigenvalue weighted by Crippen LogP contribution is -2.14. The molecule has 0 aliphatic heterocycles. The molecular weight excluding hydrogens is 270 g/mol. The average Bonchev–Trinajstić information content (AvgIpc) is 2.38. The number of rotatable bonds is 3. The molecule has 1 aromatic carbocycles. The minimum absolute atomic E-state index is 0.0450. The number of benzene rings is 1. The van der Waals surface area contributed by atoms with Gasteiger partial charge in [-0.15, -0.1) is 0 Å². The van der Waals surface area contributed by atoms with Crippen LogP contribution in [-0.2, 0) is 0 Å². The van der Waals surface area contributed by atoms with Gasteiger partial charge in [0, 0.05) is 5.69 Å². The zero-order valence-electron chi connectivity index (χ0n) is 9.93. The van der Waals surface area contributed by atoms with E-state index in [1.807, 2.05) is 0 Å².